The van der Waals surface area contributed by atoms with Gasteiger partial charge in [0.1, 0.15) is 5.75 Å². The van der Waals surface area contributed by atoms with Crippen molar-refractivity contribution in [2.45, 2.75) is 24.3 Å². The lowest BCUT2D eigenvalue weighted by atomic mass is 9.96. The topological polar surface area (TPSA) is 18.5 Å². The summed E-state index contributed by atoms with van der Waals surface area (Å²) in [7, 11) is 1.71. The summed E-state index contributed by atoms with van der Waals surface area (Å²) in [6.45, 7) is 2.94. The molecular weight excluding hydrogens is 348 g/mol. The second-order valence-corrected chi connectivity index (χ2v) is 6.33. The average Bonchev–Trinajstić information content (AvgIpc) is 2.75. The molecule has 17 heavy (non-hydrogen) atoms. The summed E-state index contributed by atoms with van der Waals surface area (Å²) in [6.07, 6.45) is 1.45. The average molecular weight is 364 g/mol. The number of hydrogen-bond donors (Lipinski definition) is 0. The van der Waals surface area contributed by atoms with Crippen LogP contribution >= 0.6 is 31.9 Å². The highest BCUT2D eigenvalue weighted by atomic mass is 79.9. The first-order valence-electron chi connectivity index (χ1n) is 5.71. The van der Waals surface area contributed by atoms with Crippen LogP contribution in [0, 0.1) is 5.92 Å². The molecule has 1 fully saturated rings. The minimum Gasteiger partial charge on any atom is -0.496 e. The highest BCUT2D eigenvalue weighted by Crippen LogP contribution is 2.42. The number of rotatable bonds is 3. The Morgan fingerprint density at radius 1 is 1.47 bits per heavy atom. The van der Waals surface area contributed by atoms with Gasteiger partial charge in [0, 0.05) is 20.8 Å². The van der Waals surface area contributed by atoms with Gasteiger partial charge in [0.2, 0.25) is 0 Å². The van der Waals surface area contributed by atoms with E-state index in [-0.39, 0.29) is 4.83 Å². The van der Waals surface area contributed by atoms with Crippen molar-refractivity contribution in [2.24, 2.45) is 5.92 Å². The Labute approximate surface area is 119 Å². The van der Waals surface area contributed by atoms with Crippen LogP contribution in [0.2, 0.25) is 0 Å². The highest BCUT2D eigenvalue weighted by molar-refractivity contribution is 9.10. The molecule has 0 aromatic heterocycles. The number of alkyl halides is 1. The minimum atomic E-state index is 0.278. The van der Waals surface area contributed by atoms with Crippen molar-refractivity contribution in [3.8, 4) is 5.75 Å². The van der Waals surface area contributed by atoms with E-state index in [1.54, 1.807) is 7.11 Å². The maximum atomic E-state index is 5.63. The molecule has 4 heteroatoms. The molecule has 0 amide bonds. The Kier molecular flexibility index (Phi) is 4.50. The maximum Gasteiger partial charge on any atom is 0.123 e. The van der Waals surface area contributed by atoms with Crippen molar-refractivity contribution in [1.82, 2.24) is 0 Å². The Bertz CT molecular complexity index is 395. The van der Waals surface area contributed by atoms with Crippen LogP contribution in [0.25, 0.3) is 0 Å². The van der Waals surface area contributed by atoms with Gasteiger partial charge in [-0.3, -0.25) is 0 Å². The summed E-state index contributed by atoms with van der Waals surface area (Å²) in [5, 5.41) is 0. The van der Waals surface area contributed by atoms with E-state index in [1.165, 1.54) is 5.56 Å². The Morgan fingerprint density at radius 2 is 2.24 bits per heavy atom. The third kappa shape index (κ3) is 3.04. The van der Waals surface area contributed by atoms with E-state index in [2.05, 4.69) is 44.8 Å². The van der Waals surface area contributed by atoms with Crippen molar-refractivity contribution in [1.29, 1.82) is 0 Å². The molecule has 0 radical (unpaired) electrons. The van der Waals surface area contributed by atoms with Crippen LogP contribution in [-0.2, 0) is 4.74 Å². The summed E-state index contributed by atoms with van der Waals surface area (Å²) in [6, 6.07) is 6.10. The largest absolute Gasteiger partial charge is 0.496 e. The molecule has 94 valence electrons. The molecule has 0 saturated carbocycles. The van der Waals surface area contributed by atoms with Gasteiger partial charge in [-0.2, -0.15) is 0 Å². The summed E-state index contributed by atoms with van der Waals surface area (Å²) >= 11 is 7.29. The van der Waals surface area contributed by atoms with Gasteiger partial charge in [0.15, 0.2) is 0 Å². The smallest absolute Gasteiger partial charge is 0.123 e. The minimum absolute atomic E-state index is 0.278. The fourth-order valence-electron chi connectivity index (χ4n) is 2.23. The molecule has 0 aliphatic carbocycles. The van der Waals surface area contributed by atoms with Crippen LogP contribution in [0.5, 0.6) is 5.75 Å². The van der Waals surface area contributed by atoms with E-state index in [0.29, 0.717) is 12.0 Å². The predicted molar refractivity (Wildman–Crippen MR) is 75.9 cm³/mol. The van der Waals surface area contributed by atoms with Crippen LogP contribution in [0.1, 0.15) is 23.7 Å². The van der Waals surface area contributed by atoms with E-state index in [9.17, 15) is 0 Å². The molecule has 1 saturated heterocycles. The van der Waals surface area contributed by atoms with Crippen LogP contribution in [0.3, 0.4) is 0 Å². The lowest BCUT2D eigenvalue weighted by Gasteiger charge is -2.19. The SMILES string of the molecule is COc1ccc(Br)cc1C(Br)C1COC(C)C1. The molecule has 0 N–H and O–H groups in total. The lowest BCUT2D eigenvalue weighted by molar-refractivity contribution is 0.120. The predicted octanol–water partition coefficient (Wildman–Crippen LogP) is 4.32. The van der Waals surface area contributed by atoms with Crippen LogP contribution in [0.15, 0.2) is 22.7 Å². The van der Waals surface area contributed by atoms with E-state index in [4.69, 9.17) is 9.47 Å². The van der Waals surface area contributed by atoms with Gasteiger partial charge in [0.05, 0.1) is 19.8 Å². The highest BCUT2D eigenvalue weighted by Gasteiger charge is 2.30. The third-order valence-corrected chi connectivity index (χ3v) is 4.87. The van der Waals surface area contributed by atoms with Gasteiger partial charge in [0.25, 0.3) is 0 Å². The number of ether oxygens (including phenoxy) is 2. The van der Waals surface area contributed by atoms with Gasteiger partial charge in [-0.15, -0.1) is 0 Å². The molecule has 3 unspecified atom stereocenters. The van der Waals surface area contributed by atoms with Gasteiger partial charge in [-0.25, -0.2) is 0 Å². The van der Waals surface area contributed by atoms with Crippen LogP contribution < -0.4 is 4.74 Å². The molecule has 1 aromatic carbocycles. The molecule has 0 spiro atoms. The van der Waals surface area contributed by atoms with Crippen molar-refractivity contribution < 1.29 is 9.47 Å². The van der Waals surface area contributed by atoms with Crippen LogP contribution in [-0.4, -0.2) is 19.8 Å². The van der Waals surface area contributed by atoms with E-state index < -0.39 is 0 Å². The second-order valence-electron chi connectivity index (χ2n) is 4.43. The summed E-state index contributed by atoms with van der Waals surface area (Å²) in [5.74, 6) is 1.43. The van der Waals surface area contributed by atoms with E-state index in [0.717, 1.165) is 23.2 Å². The summed E-state index contributed by atoms with van der Waals surface area (Å²) < 4.78 is 12.1. The van der Waals surface area contributed by atoms with Crippen LogP contribution in [0.4, 0.5) is 0 Å². The fraction of sp³-hybridized carbons (Fsp3) is 0.538. The zero-order valence-corrected chi connectivity index (χ0v) is 13.1. The molecule has 1 heterocycles. The number of methoxy groups -OCH3 is 1. The Balaban J connectivity index is 2.23. The molecule has 0 bridgehead atoms. The van der Waals surface area contributed by atoms with Gasteiger partial charge >= 0.3 is 0 Å². The molecule has 2 nitrogen and oxygen atoms in total. The standard InChI is InChI=1S/C13H16Br2O2/c1-8-5-9(7-17-8)13(15)11-6-10(14)3-4-12(11)16-2/h3-4,6,8-9,13H,5,7H2,1-2H3. The molecule has 1 aromatic rings. The first-order valence-corrected chi connectivity index (χ1v) is 7.41. The number of halogens is 2. The third-order valence-electron chi connectivity index (χ3n) is 3.13. The van der Waals surface area contributed by atoms with Gasteiger partial charge in [-0.05, 0) is 31.5 Å². The fourth-order valence-corrected chi connectivity index (χ4v) is 3.33. The quantitative estimate of drug-likeness (QED) is 0.744. The van der Waals surface area contributed by atoms with Crippen molar-refractivity contribution in [3.05, 3.63) is 28.2 Å². The van der Waals surface area contributed by atoms with Crippen molar-refractivity contribution >= 4 is 31.9 Å². The maximum absolute atomic E-state index is 5.63. The Hall–Kier alpha value is -0.0600. The van der Waals surface area contributed by atoms with Crippen molar-refractivity contribution in [2.75, 3.05) is 13.7 Å². The zero-order chi connectivity index (χ0) is 12.4. The van der Waals surface area contributed by atoms with Gasteiger partial charge < -0.3 is 9.47 Å². The monoisotopic (exact) mass is 362 g/mol. The molecule has 1 aliphatic heterocycles. The normalized spacial score (nSPS) is 25.9. The first kappa shape index (κ1) is 13.4. The van der Waals surface area contributed by atoms with E-state index in [1.807, 2.05) is 12.1 Å². The lowest BCUT2D eigenvalue weighted by Crippen LogP contribution is -2.09. The van der Waals surface area contributed by atoms with Gasteiger partial charge in [-0.1, -0.05) is 31.9 Å². The zero-order valence-electron chi connectivity index (χ0n) is 9.95. The molecule has 1 aliphatic rings. The number of hydrogen-bond acceptors (Lipinski definition) is 2. The van der Waals surface area contributed by atoms with E-state index >= 15 is 0 Å². The molecule has 2 rings (SSSR count). The van der Waals surface area contributed by atoms with Crippen molar-refractivity contribution in [3.63, 3.8) is 0 Å². The molecule has 3 atom stereocenters. The summed E-state index contributed by atoms with van der Waals surface area (Å²) in [5.41, 5.74) is 1.18. The number of benzene rings is 1. The summed E-state index contributed by atoms with van der Waals surface area (Å²) in [4.78, 5) is 0.278. The Morgan fingerprint density at radius 3 is 2.82 bits per heavy atom. The first-order chi connectivity index (χ1) is 8.11. The molecular formula is C13H16Br2O2. The second kappa shape index (κ2) is 5.72.